The molecule has 1 N–H and O–H groups in total. The number of nitrogens with zero attached hydrogens (tertiary/aromatic N) is 2. The molecule has 1 aromatic rings. The molecule has 0 aliphatic carbocycles. The van der Waals surface area contributed by atoms with Crippen molar-refractivity contribution in [2.24, 2.45) is 0 Å². The first kappa shape index (κ1) is 9.36. The maximum Gasteiger partial charge on any atom is 0.131 e. The Labute approximate surface area is 88.9 Å². The van der Waals surface area contributed by atoms with Crippen molar-refractivity contribution < 1.29 is 9.84 Å². The summed E-state index contributed by atoms with van der Waals surface area (Å²) in [5.41, 5.74) is 1.00. The molecular formula is C11H16N2O2. The maximum absolute atomic E-state index is 9.80. The van der Waals surface area contributed by atoms with Gasteiger partial charge in [0.15, 0.2) is 0 Å². The molecule has 0 aromatic carbocycles. The van der Waals surface area contributed by atoms with Gasteiger partial charge in [0.05, 0.1) is 5.69 Å². The fraction of sp³-hybridized carbons (Fsp3) is 0.727. The zero-order valence-electron chi connectivity index (χ0n) is 8.72. The summed E-state index contributed by atoms with van der Waals surface area (Å²) in [4.78, 5) is 4.56. The monoisotopic (exact) mass is 208 g/mol. The average molecular weight is 208 g/mol. The molecule has 0 saturated carbocycles. The van der Waals surface area contributed by atoms with Crippen LogP contribution in [0.5, 0.6) is 0 Å². The van der Waals surface area contributed by atoms with Gasteiger partial charge in [0, 0.05) is 19.2 Å². The van der Waals surface area contributed by atoms with Gasteiger partial charge in [-0.05, 0) is 25.7 Å². The minimum atomic E-state index is -0.378. The third kappa shape index (κ3) is 1.58. The normalized spacial score (nSPS) is 30.5. The number of fused-ring (bicyclic) bond motifs is 1. The van der Waals surface area contributed by atoms with Gasteiger partial charge in [-0.25, -0.2) is 4.98 Å². The minimum Gasteiger partial charge on any atom is -0.373 e. The highest BCUT2D eigenvalue weighted by Crippen LogP contribution is 2.30. The summed E-state index contributed by atoms with van der Waals surface area (Å²) >= 11 is 0. The predicted molar refractivity (Wildman–Crippen MR) is 54.3 cm³/mol. The first-order valence-corrected chi connectivity index (χ1v) is 5.72. The Morgan fingerprint density at radius 1 is 1.40 bits per heavy atom. The van der Waals surface area contributed by atoms with E-state index in [1.807, 2.05) is 10.8 Å². The number of aromatic nitrogens is 2. The molecule has 2 aliphatic rings. The highest BCUT2D eigenvalue weighted by atomic mass is 16.5. The Morgan fingerprint density at radius 2 is 2.33 bits per heavy atom. The van der Waals surface area contributed by atoms with E-state index in [1.54, 1.807) is 0 Å². The van der Waals surface area contributed by atoms with Crippen molar-refractivity contribution in [1.29, 1.82) is 0 Å². The van der Waals surface area contributed by atoms with Gasteiger partial charge in [0.25, 0.3) is 0 Å². The Kier molecular flexibility index (Phi) is 2.25. The van der Waals surface area contributed by atoms with E-state index >= 15 is 0 Å². The highest BCUT2D eigenvalue weighted by molar-refractivity contribution is 5.10. The van der Waals surface area contributed by atoms with E-state index in [0.29, 0.717) is 0 Å². The van der Waals surface area contributed by atoms with Crippen LogP contribution in [0.4, 0.5) is 0 Å². The molecule has 0 spiro atoms. The van der Waals surface area contributed by atoms with Gasteiger partial charge in [0.2, 0.25) is 0 Å². The van der Waals surface area contributed by atoms with Crippen molar-refractivity contribution in [2.75, 3.05) is 6.61 Å². The van der Waals surface area contributed by atoms with Crippen molar-refractivity contribution in [1.82, 2.24) is 9.55 Å². The van der Waals surface area contributed by atoms with Crippen LogP contribution in [0.2, 0.25) is 0 Å². The smallest absolute Gasteiger partial charge is 0.131 e. The fourth-order valence-electron chi connectivity index (χ4n) is 2.44. The summed E-state index contributed by atoms with van der Waals surface area (Å²) in [7, 11) is 0. The van der Waals surface area contributed by atoms with Gasteiger partial charge in [-0.3, -0.25) is 0 Å². The van der Waals surface area contributed by atoms with Crippen LogP contribution in [0.25, 0.3) is 0 Å². The second-order valence-electron chi connectivity index (χ2n) is 4.36. The van der Waals surface area contributed by atoms with E-state index in [2.05, 4.69) is 4.98 Å². The van der Waals surface area contributed by atoms with Crippen molar-refractivity contribution in [3.8, 4) is 0 Å². The molecular weight excluding hydrogens is 192 g/mol. The molecule has 2 atom stereocenters. The third-order valence-electron chi connectivity index (χ3n) is 3.27. The van der Waals surface area contributed by atoms with E-state index in [0.717, 1.165) is 50.2 Å². The van der Waals surface area contributed by atoms with Crippen LogP contribution < -0.4 is 0 Å². The lowest BCUT2D eigenvalue weighted by molar-refractivity contribution is 0.0775. The summed E-state index contributed by atoms with van der Waals surface area (Å²) in [6.45, 7) is 0.843. The molecule has 4 nitrogen and oxygen atoms in total. The zero-order chi connectivity index (χ0) is 10.3. The van der Waals surface area contributed by atoms with Crippen LogP contribution in [0.15, 0.2) is 6.20 Å². The van der Waals surface area contributed by atoms with Crippen LogP contribution in [0, 0.1) is 0 Å². The molecule has 1 saturated heterocycles. The largest absolute Gasteiger partial charge is 0.373 e. The number of aliphatic hydroxyl groups is 1. The predicted octanol–water partition coefficient (Wildman–Crippen LogP) is 1.56. The molecule has 2 aliphatic heterocycles. The van der Waals surface area contributed by atoms with E-state index < -0.39 is 0 Å². The summed E-state index contributed by atoms with van der Waals surface area (Å²) in [6, 6.07) is 0. The lowest BCUT2D eigenvalue weighted by Crippen LogP contribution is -2.16. The van der Waals surface area contributed by atoms with Crippen molar-refractivity contribution >= 4 is 0 Å². The van der Waals surface area contributed by atoms with Crippen molar-refractivity contribution in [3.05, 3.63) is 17.7 Å². The standard InChI is InChI=1S/C11H16N2O2/c14-11-5-1-4-10-12-8(7-13(10)11)9-3-2-6-15-9/h7,9,11,14H,1-6H2. The summed E-state index contributed by atoms with van der Waals surface area (Å²) < 4.78 is 7.50. The van der Waals surface area contributed by atoms with Crippen molar-refractivity contribution in [3.63, 3.8) is 0 Å². The molecule has 82 valence electrons. The summed E-state index contributed by atoms with van der Waals surface area (Å²) in [5, 5.41) is 9.80. The number of hydrogen-bond donors (Lipinski definition) is 1. The van der Waals surface area contributed by atoms with E-state index in [9.17, 15) is 5.11 Å². The lowest BCUT2D eigenvalue weighted by atomic mass is 10.1. The minimum absolute atomic E-state index is 0.162. The van der Waals surface area contributed by atoms with E-state index in [1.165, 1.54) is 0 Å². The lowest BCUT2D eigenvalue weighted by Gasteiger charge is -2.19. The highest BCUT2D eigenvalue weighted by Gasteiger charge is 2.25. The van der Waals surface area contributed by atoms with Crippen LogP contribution in [0.1, 0.15) is 49.5 Å². The van der Waals surface area contributed by atoms with Gasteiger partial charge in [-0.15, -0.1) is 0 Å². The topological polar surface area (TPSA) is 47.3 Å². The molecule has 1 fully saturated rings. The number of aryl methyl sites for hydroxylation is 1. The molecule has 1 aromatic heterocycles. The Bertz CT molecular complexity index is 355. The number of ether oxygens (including phenoxy) is 1. The average Bonchev–Trinajstić information content (AvgIpc) is 2.86. The number of aliphatic hydroxyl groups excluding tert-OH is 1. The second kappa shape index (κ2) is 3.61. The van der Waals surface area contributed by atoms with Gasteiger partial charge >= 0.3 is 0 Å². The Hall–Kier alpha value is -0.870. The number of imidazole rings is 1. The van der Waals surface area contributed by atoms with Crippen LogP contribution in [-0.4, -0.2) is 21.3 Å². The molecule has 4 heteroatoms. The maximum atomic E-state index is 9.80. The molecule has 0 radical (unpaired) electrons. The first-order valence-electron chi connectivity index (χ1n) is 5.72. The first-order chi connectivity index (χ1) is 7.34. The van der Waals surface area contributed by atoms with Crippen LogP contribution >= 0.6 is 0 Å². The number of rotatable bonds is 1. The molecule has 0 amide bonds. The third-order valence-corrected chi connectivity index (χ3v) is 3.27. The fourth-order valence-corrected chi connectivity index (χ4v) is 2.44. The second-order valence-corrected chi connectivity index (χ2v) is 4.36. The van der Waals surface area contributed by atoms with Gasteiger partial charge in [0.1, 0.15) is 18.2 Å². The molecule has 3 rings (SSSR count). The molecule has 0 bridgehead atoms. The summed E-state index contributed by atoms with van der Waals surface area (Å²) in [6.07, 6.45) is 6.78. The van der Waals surface area contributed by atoms with Gasteiger partial charge in [-0.1, -0.05) is 0 Å². The van der Waals surface area contributed by atoms with Crippen LogP contribution in [-0.2, 0) is 11.2 Å². The van der Waals surface area contributed by atoms with Gasteiger partial charge in [-0.2, -0.15) is 0 Å². The Morgan fingerprint density at radius 3 is 3.07 bits per heavy atom. The Balaban J connectivity index is 1.90. The SMILES string of the molecule is OC1CCCc2nc(C3CCCO3)cn21. The van der Waals surface area contributed by atoms with Crippen LogP contribution in [0.3, 0.4) is 0 Å². The van der Waals surface area contributed by atoms with E-state index in [4.69, 9.17) is 4.74 Å². The zero-order valence-corrected chi connectivity index (χ0v) is 8.72. The molecule has 15 heavy (non-hydrogen) atoms. The quantitative estimate of drug-likeness (QED) is 0.762. The molecule has 2 unspecified atom stereocenters. The molecule has 3 heterocycles. The number of hydrogen-bond acceptors (Lipinski definition) is 3. The van der Waals surface area contributed by atoms with E-state index in [-0.39, 0.29) is 12.3 Å². The van der Waals surface area contributed by atoms with Gasteiger partial charge < -0.3 is 14.4 Å². The van der Waals surface area contributed by atoms with Crippen molar-refractivity contribution in [2.45, 2.75) is 44.4 Å². The summed E-state index contributed by atoms with van der Waals surface area (Å²) in [5.74, 6) is 1.01.